The first-order valence-corrected chi connectivity index (χ1v) is 15.1. The number of thiazole rings is 1. The molecule has 1 atom stereocenters. The van der Waals surface area contributed by atoms with Crippen LogP contribution in [-0.2, 0) is 16.1 Å². The summed E-state index contributed by atoms with van der Waals surface area (Å²) in [6.45, 7) is 4.42. The lowest BCUT2D eigenvalue weighted by molar-refractivity contribution is -0.139. The summed E-state index contributed by atoms with van der Waals surface area (Å²) in [6, 6.07) is 22.9. The molecule has 1 aliphatic heterocycles. The number of aromatic nitrogens is 2. The third kappa shape index (κ3) is 5.12. The number of hydrogen-bond acceptors (Lipinski definition) is 5. The molecule has 3 heterocycles. The number of nitrogens with zero attached hydrogens (tertiary/aromatic N) is 3. The first-order valence-electron chi connectivity index (χ1n) is 13.1. The molecule has 6 nitrogen and oxygen atoms in total. The second-order valence-electron chi connectivity index (χ2n) is 9.68. The molecule has 0 saturated carbocycles. The lowest BCUT2D eigenvalue weighted by Crippen LogP contribution is -2.40. The minimum absolute atomic E-state index is 0.208. The average molecular weight is 647 g/mol. The Bertz CT molecular complexity index is 2020. The molecule has 0 unspecified atom stereocenters. The fraction of sp³-hybridized carbons (Fsp3) is 0.156. The van der Waals surface area contributed by atoms with Gasteiger partial charge in [0.1, 0.15) is 6.04 Å². The molecule has 0 spiro atoms. The number of esters is 1. The molecular formula is C32H25BrClN3O3S. The minimum Gasteiger partial charge on any atom is -0.463 e. The van der Waals surface area contributed by atoms with Crippen LogP contribution < -0.4 is 14.9 Å². The van der Waals surface area contributed by atoms with E-state index in [-0.39, 0.29) is 12.2 Å². The molecule has 2 aromatic heterocycles. The summed E-state index contributed by atoms with van der Waals surface area (Å²) in [5.74, 6) is -0.510. The second-order valence-corrected chi connectivity index (χ2v) is 12.0. The van der Waals surface area contributed by atoms with Gasteiger partial charge in [-0.1, -0.05) is 87.4 Å². The quantitative estimate of drug-likeness (QED) is 0.206. The van der Waals surface area contributed by atoms with Crippen molar-refractivity contribution >= 4 is 61.8 Å². The van der Waals surface area contributed by atoms with E-state index in [9.17, 15) is 9.59 Å². The van der Waals surface area contributed by atoms with Crippen LogP contribution in [0.3, 0.4) is 0 Å². The van der Waals surface area contributed by atoms with Gasteiger partial charge < -0.3 is 9.30 Å². The number of allylic oxidation sites excluding steroid dienone is 1. The van der Waals surface area contributed by atoms with Crippen LogP contribution in [0.4, 0.5) is 0 Å². The number of para-hydroxylation sites is 1. The van der Waals surface area contributed by atoms with Gasteiger partial charge in [-0.05, 0) is 55.3 Å². The van der Waals surface area contributed by atoms with Crippen LogP contribution >= 0.6 is 38.9 Å². The van der Waals surface area contributed by atoms with Gasteiger partial charge in [0.15, 0.2) is 4.80 Å². The van der Waals surface area contributed by atoms with E-state index in [0.29, 0.717) is 37.7 Å². The maximum absolute atomic E-state index is 14.1. The van der Waals surface area contributed by atoms with Crippen LogP contribution in [0, 0.1) is 0 Å². The van der Waals surface area contributed by atoms with E-state index < -0.39 is 12.0 Å². The second kappa shape index (κ2) is 11.3. The topological polar surface area (TPSA) is 65.6 Å². The van der Waals surface area contributed by atoms with E-state index in [1.165, 1.54) is 16.9 Å². The van der Waals surface area contributed by atoms with Crippen LogP contribution in [-0.4, -0.2) is 21.7 Å². The third-order valence-corrected chi connectivity index (χ3v) is 8.94. The van der Waals surface area contributed by atoms with E-state index in [0.717, 1.165) is 20.9 Å². The highest BCUT2D eigenvalue weighted by atomic mass is 79.9. The normalized spacial score (nSPS) is 15.2. The molecule has 5 aromatic rings. The standard InChI is InChI=1S/C32H25BrClN3O3S/c1-3-40-31(39)28-19(2)35-32-37(29(28)24-9-4-6-10-25(24)34)30(38)27(41-32)16-21-18-36(26-11-7-5-8-23(21)26)17-20-12-14-22(33)15-13-20/h4-16,18,29H,3,17H2,1-2H3/b27-16-/t29-/m0/s1. The van der Waals surface area contributed by atoms with Gasteiger partial charge in [0.2, 0.25) is 0 Å². The van der Waals surface area contributed by atoms with Crippen LogP contribution in [0.2, 0.25) is 5.02 Å². The predicted octanol–water partition coefficient (Wildman–Crippen LogP) is 6.22. The average Bonchev–Trinajstić information content (AvgIpc) is 3.46. The van der Waals surface area contributed by atoms with Gasteiger partial charge in [0.25, 0.3) is 5.56 Å². The Morgan fingerprint density at radius 3 is 2.59 bits per heavy atom. The van der Waals surface area contributed by atoms with Gasteiger partial charge in [-0.15, -0.1) is 0 Å². The van der Waals surface area contributed by atoms with Gasteiger partial charge >= 0.3 is 5.97 Å². The zero-order valence-corrected chi connectivity index (χ0v) is 25.5. The summed E-state index contributed by atoms with van der Waals surface area (Å²) >= 11 is 11.4. The lowest BCUT2D eigenvalue weighted by atomic mass is 9.96. The fourth-order valence-electron chi connectivity index (χ4n) is 5.23. The number of fused-ring (bicyclic) bond motifs is 2. The van der Waals surface area contributed by atoms with Gasteiger partial charge in [0, 0.05) is 38.7 Å². The third-order valence-electron chi connectivity index (χ3n) is 7.09. The number of benzene rings is 3. The van der Waals surface area contributed by atoms with Gasteiger partial charge in [-0.2, -0.15) is 0 Å². The number of hydrogen-bond donors (Lipinski definition) is 0. The lowest BCUT2D eigenvalue weighted by Gasteiger charge is -2.25. The van der Waals surface area contributed by atoms with Crippen molar-refractivity contribution in [1.82, 2.24) is 9.13 Å². The molecule has 206 valence electrons. The zero-order chi connectivity index (χ0) is 28.7. The molecule has 0 amide bonds. The Morgan fingerprint density at radius 2 is 1.83 bits per heavy atom. The van der Waals surface area contributed by atoms with E-state index >= 15 is 0 Å². The van der Waals surface area contributed by atoms with Crippen LogP contribution in [0.1, 0.15) is 36.6 Å². The van der Waals surface area contributed by atoms with Gasteiger partial charge in [-0.3, -0.25) is 9.36 Å². The number of carbonyl (C=O) groups is 1. The highest BCUT2D eigenvalue weighted by Gasteiger charge is 2.34. The Hall–Kier alpha value is -3.72. The van der Waals surface area contributed by atoms with Crippen molar-refractivity contribution in [2.24, 2.45) is 4.99 Å². The summed E-state index contributed by atoms with van der Waals surface area (Å²) in [4.78, 5) is 32.4. The smallest absolute Gasteiger partial charge is 0.338 e. The molecular weight excluding hydrogens is 622 g/mol. The molecule has 0 N–H and O–H groups in total. The highest BCUT2D eigenvalue weighted by Crippen LogP contribution is 2.34. The fourth-order valence-corrected chi connectivity index (χ4v) is 6.77. The summed E-state index contributed by atoms with van der Waals surface area (Å²) < 4.78 is 10.7. The largest absolute Gasteiger partial charge is 0.463 e. The molecule has 0 bridgehead atoms. The molecule has 0 radical (unpaired) electrons. The van der Waals surface area contributed by atoms with Crippen molar-refractivity contribution in [3.05, 3.63) is 136 Å². The van der Waals surface area contributed by atoms with Gasteiger partial charge in [-0.25, -0.2) is 9.79 Å². The summed E-state index contributed by atoms with van der Waals surface area (Å²) in [6.07, 6.45) is 3.99. The monoisotopic (exact) mass is 645 g/mol. The molecule has 0 saturated heterocycles. The maximum Gasteiger partial charge on any atom is 0.338 e. The van der Waals surface area contributed by atoms with Crippen molar-refractivity contribution in [2.75, 3.05) is 6.61 Å². The first kappa shape index (κ1) is 27.4. The molecule has 6 rings (SSSR count). The zero-order valence-electron chi connectivity index (χ0n) is 22.3. The van der Waals surface area contributed by atoms with Crippen molar-refractivity contribution in [3.8, 4) is 0 Å². The molecule has 41 heavy (non-hydrogen) atoms. The Morgan fingerprint density at radius 1 is 1.10 bits per heavy atom. The Kier molecular flexibility index (Phi) is 7.55. The SMILES string of the molecule is CCOC(=O)C1=C(C)N=c2s/c(=C\c3cn(Cc4ccc(Br)cc4)c4ccccc34)c(=O)n2[C@H]1c1ccccc1Cl. The Labute approximate surface area is 253 Å². The Balaban J connectivity index is 1.52. The molecule has 0 aliphatic carbocycles. The maximum atomic E-state index is 14.1. The first-order chi connectivity index (χ1) is 19.9. The summed E-state index contributed by atoms with van der Waals surface area (Å²) in [5, 5.41) is 1.50. The predicted molar refractivity (Wildman–Crippen MR) is 167 cm³/mol. The summed E-state index contributed by atoms with van der Waals surface area (Å²) in [7, 11) is 0. The van der Waals surface area contributed by atoms with Crippen molar-refractivity contribution in [2.45, 2.75) is 26.4 Å². The molecule has 0 fully saturated rings. The van der Waals surface area contributed by atoms with Crippen molar-refractivity contribution < 1.29 is 9.53 Å². The van der Waals surface area contributed by atoms with Gasteiger partial charge in [0.05, 0.1) is 22.4 Å². The van der Waals surface area contributed by atoms with E-state index in [2.05, 4.69) is 56.0 Å². The van der Waals surface area contributed by atoms with Crippen LogP contribution in [0.15, 0.2) is 105 Å². The number of rotatable bonds is 6. The van der Waals surface area contributed by atoms with Crippen molar-refractivity contribution in [3.63, 3.8) is 0 Å². The van der Waals surface area contributed by atoms with E-state index in [1.54, 1.807) is 24.5 Å². The van der Waals surface area contributed by atoms with E-state index in [4.69, 9.17) is 16.3 Å². The molecule has 3 aromatic carbocycles. The van der Waals surface area contributed by atoms with Crippen LogP contribution in [0.5, 0.6) is 0 Å². The highest BCUT2D eigenvalue weighted by molar-refractivity contribution is 9.10. The summed E-state index contributed by atoms with van der Waals surface area (Å²) in [5.41, 5.74) is 4.39. The number of halogens is 2. The molecule has 9 heteroatoms. The van der Waals surface area contributed by atoms with E-state index in [1.807, 2.05) is 48.5 Å². The minimum atomic E-state index is -0.750. The molecule has 1 aliphatic rings. The van der Waals surface area contributed by atoms with Crippen LogP contribution in [0.25, 0.3) is 17.0 Å². The number of ether oxygens (including phenoxy) is 1. The van der Waals surface area contributed by atoms with Crippen molar-refractivity contribution in [1.29, 1.82) is 0 Å². The number of carbonyl (C=O) groups excluding carboxylic acids is 1.